The van der Waals surface area contributed by atoms with Gasteiger partial charge in [0.15, 0.2) is 0 Å². The monoisotopic (exact) mass is 254 g/mol. The first-order chi connectivity index (χ1) is 9.22. The molecule has 0 spiro atoms. The maximum absolute atomic E-state index is 11.3. The second kappa shape index (κ2) is 5.00. The lowest BCUT2D eigenvalue weighted by atomic mass is 9.88. The molecule has 98 valence electrons. The smallest absolute Gasteiger partial charge is 0.132 e. The van der Waals surface area contributed by atoms with E-state index in [1.165, 1.54) is 5.56 Å². The molecule has 2 aromatic rings. The van der Waals surface area contributed by atoms with Gasteiger partial charge in [0.1, 0.15) is 11.6 Å². The van der Waals surface area contributed by atoms with Gasteiger partial charge in [0.2, 0.25) is 0 Å². The first-order valence-electron chi connectivity index (χ1n) is 6.86. The molecule has 0 aliphatic heterocycles. The van der Waals surface area contributed by atoms with Gasteiger partial charge in [-0.2, -0.15) is 0 Å². The molecule has 0 atom stereocenters. The summed E-state index contributed by atoms with van der Waals surface area (Å²) in [4.78, 5) is 19.2. The number of H-pyrrole nitrogens is 1. The molecule has 0 saturated heterocycles. The fourth-order valence-electron chi connectivity index (χ4n) is 2.64. The molecule has 0 bridgehead atoms. The van der Waals surface area contributed by atoms with Gasteiger partial charge in [-0.25, -0.2) is 4.98 Å². The molecule has 3 nitrogen and oxygen atoms in total. The highest BCUT2D eigenvalue weighted by Gasteiger charge is 2.22. The van der Waals surface area contributed by atoms with Gasteiger partial charge >= 0.3 is 0 Å². The average molecular weight is 254 g/mol. The SMILES string of the molecule is Cc1ccc(-c2cnc(C3CCC(=O)CC3)[nH]2)cc1. The van der Waals surface area contributed by atoms with E-state index in [1.54, 1.807) is 0 Å². The molecule has 3 rings (SSSR count). The van der Waals surface area contributed by atoms with Gasteiger partial charge in [-0.3, -0.25) is 4.79 Å². The highest BCUT2D eigenvalue weighted by molar-refractivity contribution is 5.79. The average Bonchev–Trinajstić information content (AvgIpc) is 2.90. The summed E-state index contributed by atoms with van der Waals surface area (Å²) in [5.41, 5.74) is 3.48. The van der Waals surface area contributed by atoms with Crippen LogP contribution in [-0.2, 0) is 4.79 Å². The molecule has 1 heterocycles. The number of ketones is 1. The minimum absolute atomic E-state index is 0.390. The Morgan fingerprint density at radius 1 is 1.16 bits per heavy atom. The first kappa shape index (κ1) is 12.2. The predicted octanol–water partition coefficient (Wildman–Crippen LogP) is 3.61. The van der Waals surface area contributed by atoms with Crippen LogP contribution in [0.5, 0.6) is 0 Å². The Balaban J connectivity index is 1.79. The molecule has 1 saturated carbocycles. The van der Waals surface area contributed by atoms with E-state index >= 15 is 0 Å². The number of carbonyl (C=O) groups is 1. The Labute approximate surface area is 113 Å². The summed E-state index contributed by atoms with van der Waals surface area (Å²) in [5.74, 6) is 1.83. The third kappa shape index (κ3) is 2.60. The van der Waals surface area contributed by atoms with E-state index < -0.39 is 0 Å². The molecule has 3 heteroatoms. The number of rotatable bonds is 2. The second-order valence-electron chi connectivity index (χ2n) is 5.36. The minimum Gasteiger partial charge on any atom is -0.342 e. The van der Waals surface area contributed by atoms with Gasteiger partial charge in [0.25, 0.3) is 0 Å². The number of benzene rings is 1. The van der Waals surface area contributed by atoms with Crippen LogP contribution in [0.25, 0.3) is 11.3 Å². The van der Waals surface area contributed by atoms with Crippen molar-refractivity contribution in [1.29, 1.82) is 0 Å². The zero-order chi connectivity index (χ0) is 13.2. The number of hydrogen-bond acceptors (Lipinski definition) is 2. The number of nitrogens with one attached hydrogen (secondary N) is 1. The van der Waals surface area contributed by atoms with Crippen LogP contribution >= 0.6 is 0 Å². The fraction of sp³-hybridized carbons (Fsp3) is 0.375. The number of aromatic amines is 1. The Bertz CT molecular complexity index is 573. The van der Waals surface area contributed by atoms with E-state index in [9.17, 15) is 4.79 Å². The van der Waals surface area contributed by atoms with Crippen LogP contribution in [0.1, 0.15) is 43.0 Å². The topological polar surface area (TPSA) is 45.8 Å². The lowest BCUT2D eigenvalue weighted by Crippen LogP contribution is -2.13. The van der Waals surface area contributed by atoms with Crippen molar-refractivity contribution in [1.82, 2.24) is 9.97 Å². The molecule has 0 amide bonds. The summed E-state index contributed by atoms with van der Waals surface area (Å²) in [6.07, 6.45) is 5.16. The Kier molecular flexibility index (Phi) is 3.20. The molecule has 1 aliphatic rings. The van der Waals surface area contributed by atoms with E-state index in [-0.39, 0.29) is 0 Å². The quantitative estimate of drug-likeness (QED) is 0.889. The van der Waals surface area contributed by atoms with Crippen molar-refractivity contribution in [2.45, 2.75) is 38.5 Å². The normalized spacial score (nSPS) is 16.8. The molecule has 1 N–H and O–H groups in total. The van der Waals surface area contributed by atoms with Crippen LogP contribution in [-0.4, -0.2) is 15.8 Å². The summed E-state index contributed by atoms with van der Waals surface area (Å²) in [6, 6.07) is 8.43. The van der Waals surface area contributed by atoms with Crippen LogP contribution < -0.4 is 0 Å². The lowest BCUT2D eigenvalue weighted by molar-refractivity contribution is -0.120. The van der Waals surface area contributed by atoms with E-state index in [2.05, 4.69) is 41.2 Å². The van der Waals surface area contributed by atoms with Crippen molar-refractivity contribution in [3.8, 4) is 11.3 Å². The second-order valence-corrected chi connectivity index (χ2v) is 5.36. The zero-order valence-corrected chi connectivity index (χ0v) is 11.1. The van der Waals surface area contributed by atoms with Crippen molar-refractivity contribution < 1.29 is 4.79 Å². The van der Waals surface area contributed by atoms with Crippen LogP contribution in [0.3, 0.4) is 0 Å². The largest absolute Gasteiger partial charge is 0.342 e. The third-order valence-electron chi connectivity index (χ3n) is 3.89. The summed E-state index contributed by atoms with van der Waals surface area (Å²) in [5, 5.41) is 0. The van der Waals surface area contributed by atoms with Gasteiger partial charge < -0.3 is 4.98 Å². The molecular weight excluding hydrogens is 236 g/mol. The standard InChI is InChI=1S/C16H18N2O/c1-11-2-4-12(5-3-11)15-10-17-16(18-15)13-6-8-14(19)9-7-13/h2-5,10,13H,6-9H2,1H3,(H,17,18). The van der Waals surface area contributed by atoms with Gasteiger partial charge in [-0.05, 0) is 25.3 Å². The summed E-state index contributed by atoms with van der Waals surface area (Å²) in [7, 11) is 0. The highest BCUT2D eigenvalue weighted by Crippen LogP contribution is 2.30. The molecular formula is C16H18N2O. The van der Waals surface area contributed by atoms with Crippen LogP contribution in [0.2, 0.25) is 0 Å². The van der Waals surface area contributed by atoms with Crippen LogP contribution in [0, 0.1) is 6.92 Å². The predicted molar refractivity (Wildman–Crippen MR) is 75.0 cm³/mol. The Morgan fingerprint density at radius 2 is 1.84 bits per heavy atom. The van der Waals surface area contributed by atoms with E-state index in [0.29, 0.717) is 24.5 Å². The molecule has 1 aromatic carbocycles. The summed E-state index contributed by atoms with van der Waals surface area (Å²) < 4.78 is 0. The summed E-state index contributed by atoms with van der Waals surface area (Å²) in [6.45, 7) is 2.08. The number of carbonyl (C=O) groups excluding carboxylic acids is 1. The third-order valence-corrected chi connectivity index (χ3v) is 3.89. The molecule has 0 radical (unpaired) electrons. The number of aryl methyl sites for hydroxylation is 1. The molecule has 19 heavy (non-hydrogen) atoms. The van der Waals surface area contributed by atoms with E-state index in [1.807, 2.05) is 6.20 Å². The van der Waals surface area contributed by atoms with Gasteiger partial charge in [-0.15, -0.1) is 0 Å². The maximum atomic E-state index is 11.3. The molecule has 1 fully saturated rings. The minimum atomic E-state index is 0.390. The highest BCUT2D eigenvalue weighted by atomic mass is 16.1. The molecule has 1 aliphatic carbocycles. The van der Waals surface area contributed by atoms with Crippen molar-refractivity contribution in [3.63, 3.8) is 0 Å². The van der Waals surface area contributed by atoms with E-state index in [4.69, 9.17) is 0 Å². The van der Waals surface area contributed by atoms with Crippen molar-refractivity contribution in [2.24, 2.45) is 0 Å². The van der Waals surface area contributed by atoms with Crippen molar-refractivity contribution in [2.75, 3.05) is 0 Å². The zero-order valence-electron chi connectivity index (χ0n) is 11.1. The maximum Gasteiger partial charge on any atom is 0.132 e. The van der Waals surface area contributed by atoms with Crippen LogP contribution in [0.15, 0.2) is 30.5 Å². The number of nitrogens with zero attached hydrogens (tertiary/aromatic N) is 1. The van der Waals surface area contributed by atoms with Crippen molar-refractivity contribution >= 4 is 5.78 Å². The number of hydrogen-bond donors (Lipinski definition) is 1. The van der Waals surface area contributed by atoms with Gasteiger partial charge in [-0.1, -0.05) is 29.8 Å². The van der Waals surface area contributed by atoms with Crippen LogP contribution in [0.4, 0.5) is 0 Å². The number of Topliss-reactive ketones (excluding diaryl/α,β-unsaturated/α-hetero) is 1. The molecule has 0 unspecified atom stereocenters. The Hall–Kier alpha value is -1.90. The number of aromatic nitrogens is 2. The van der Waals surface area contributed by atoms with Gasteiger partial charge in [0.05, 0.1) is 11.9 Å². The fourth-order valence-corrected chi connectivity index (χ4v) is 2.64. The Morgan fingerprint density at radius 3 is 2.53 bits per heavy atom. The summed E-state index contributed by atoms with van der Waals surface area (Å²) >= 11 is 0. The van der Waals surface area contributed by atoms with Gasteiger partial charge in [0, 0.05) is 18.8 Å². The first-order valence-corrected chi connectivity index (χ1v) is 6.86. The number of imidazole rings is 1. The van der Waals surface area contributed by atoms with E-state index in [0.717, 1.165) is 29.9 Å². The lowest BCUT2D eigenvalue weighted by Gasteiger charge is -2.18. The molecule has 1 aromatic heterocycles. The van der Waals surface area contributed by atoms with Crippen molar-refractivity contribution in [3.05, 3.63) is 41.9 Å².